The minimum absolute atomic E-state index is 0.0699. The number of nitriles is 1. The van der Waals surface area contributed by atoms with Crippen molar-refractivity contribution in [3.63, 3.8) is 0 Å². The maximum atomic E-state index is 12.3. The molecule has 3 aromatic rings. The number of nitrogens with one attached hydrogen (secondary N) is 1. The highest BCUT2D eigenvalue weighted by Crippen LogP contribution is 2.15. The number of amides is 1. The van der Waals surface area contributed by atoms with Crippen molar-refractivity contribution in [2.24, 2.45) is 0 Å². The number of nitrogens with zero attached hydrogens (tertiary/aromatic N) is 1. The van der Waals surface area contributed by atoms with Gasteiger partial charge in [0.15, 0.2) is 6.10 Å². The number of carbonyl (C=O) groups is 2. The molecule has 1 amide bonds. The Hall–Kier alpha value is -4.11. The van der Waals surface area contributed by atoms with E-state index in [-0.39, 0.29) is 12.5 Å². The summed E-state index contributed by atoms with van der Waals surface area (Å²) >= 11 is 0. The lowest BCUT2D eigenvalue weighted by atomic mass is 10.1. The maximum Gasteiger partial charge on any atom is 0.347 e. The average molecular weight is 400 g/mol. The van der Waals surface area contributed by atoms with Crippen LogP contribution in [0.4, 0.5) is 5.69 Å². The standard InChI is InChI=1S/C24H20N2O4/c1-17(30-22-13-9-18(15-25)10-14-22)24(28)29-16-19-7-11-20(12-8-19)23(27)26-21-5-3-2-4-6-21/h2-14,17H,16H2,1H3,(H,26,27)/t17-/m1/s1. The molecular formula is C24H20N2O4. The van der Waals surface area contributed by atoms with Crippen LogP contribution < -0.4 is 10.1 Å². The first kappa shape index (κ1) is 20.6. The van der Waals surface area contributed by atoms with E-state index in [1.807, 2.05) is 36.4 Å². The fourth-order valence-corrected chi connectivity index (χ4v) is 2.61. The predicted octanol–water partition coefficient (Wildman–Crippen LogP) is 4.32. The zero-order valence-corrected chi connectivity index (χ0v) is 16.4. The van der Waals surface area contributed by atoms with Crippen LogP contribution in [0.5, 0.6) is 5.75 Å². The molecule has 0 aromatic heterocycles. The fourth-order valence-electron chi connectivity index (χ4n) is 2.61. The molecule has 0 heterocycles. The number of hydrogen-bond donors (Lipinski definition) is 1. The Morgan fingerprint density at radius 1 is 0.967 bits per heavy atom. The van der Waals surface area contributed by atoms with Crippen molar-refractivity contribution < 1.29 is 19.1 Å². The monoisotopic (exact) mass is 400 g/mol. The molecule has 0 saturated heterocycles. The lowest BCUT2D eigenvalue weighted by Crippen LogP contribution is -2.26. The molecular weight excluding hydrogens is 380 g/mol. The van der Waals surface area contributed by atoms with Crippen LogP contribution in [0.15, 0.2) is 78.9 Å². The molecule has 6 nitrogen and oxygen atoms in total. The first-order valence-electron chi connectivity index (χ1n) is 9.34. The van der Waals surface area contributed by atoms with Crippen molar-refractivity contribution in [1.29, 1.82) is 5.26 Å². The highest BCUT2D eigenvalue weighted by molar-refractivity contribution is 6.04. The highest BCUT2D eigenvalue weighted by Gasteiger charge is 2.16. The first-order chi connectivity index (χ1) is 14.5. The van der Waals surface area contributed by atoms with E-state index < -0.39 is 12.1 Å². The molecule has 0 bridgehead atoms. The Kier molecular flexibility index (Phi) is 6.80. The van der Waals surface area contributed by atoms with Crippen molar-refractivity contribution in [2.45, 2.75) is 19.6 Å². The zero-order valence-electron chi connectivity index (χ0n) is 16.4. The second-order valence-electron chi connectivity index (χ2n) is 6.52. The average Bonchev–Trinajstić information content (AvgIpc) is 2.79. The molecule has 0 aliphatic carbocycles. The molecule has 1 atom stereocenters. The van der Waals surface area contributed by atoms with Crippen LogP contribution in [0.3, 0.4) is 0 Å². The summed E-state index contributed by atoms with van der Waals surface area (Å²) in [6, 6.07) is 24.5. The molecule has 0 fully saturated rings. The van der Waals surface area contributed by atoms with E-state index >= 15 is 0 Å². The van der Waals surface area contributed by atoms with E-state index in [1.54, 1.807) is 55.5 Å². The van der Waals surface area contributed by atoms with Gasteiger partial charge in [-0.3, -0.25) is 4.79 Å². The molecule has 30 heavy (non-hydrogen) atoms. The van der Waals surface area contributed by atoms with E-state index in [0.717, 1.165) is 11.3 Å². The molecule has 6 heteroatoms. The van der Waals surface area contributed by atoms with Gasteiger partial charge in [-0.2, -0.15) is 5.26 Å². The van der Waals surface area contributed by atoms with Crippen molar-refractivity contribution in [3.05, 3.63) is 95.6 Å². The van der Waals surface area contributed by atoms with Gasteiger partial charge in [0.1, 0.15) is 12.4 Å². The highest BCUT2D eigenvalue weighted by atomic mass is 16.6. The first-order valence-corrected chi connectivity index (χ1v) is 9.34. The fraction of sp³-hybridized carbons (Fsp3) is 0.125. The number of carbonyl (C=O) groups excluding carboxylic acids is 2. The van der Waals surface area contributed by atoms with Gasteiger partial charge in [0.2, 0.25) is 0 Å². The lowest BCUT2D eigenvalue weighted by molar-refractivity contribution is -0.152. The summed E-state index contributed by atoms with van der Waals surface area (Å²) < 4.78 is 10.8. The summed E-state index contributed by atoms with van der Waals surface area (Å²) in [5.74, 6) is -0.244. The van der Waals surface area contributed by atoms with Crippen LogP contribution in [0.1, 0.15) is 28.4 Å². The molecule has 0 unspecified atom stereocenters. The van der Waals surface area contributed by atoms with Gasteiger partial charge < -0.3 is 14.8 Å². The smallest absolute Gasteiger partial charge is 0.347 e. The van der Waals surface area contributed by atoms with Crippen molar-refractivity contribution in [2.75, 3.05) is 5.32 Å². The van der Waals surface area contributed by atoms with E-state index in [2.05, 4.69) is 5.32 Å². The Labute approximate surface area is 174 Å². The minimum Gasteiger partial charge on any atom is -0.479 e. The Bertz CT molecular complexity index is 1040. The summed E-state index contributed by atoms with van der Waals surface area (Å²) in [7, 11) is 0. The topological polar surface area (TPSA) is 88.4 Å². The summed E-state index contributed by atoms with van der Waals surface area (Å²) in [6.45, 7) is 1.66. The van der Waals surface area contributed by atoms with Crippen LogP contribution in [0.25, 0.3) is 0 Å². The van der Waals surface area contributed by atoms with Crippen molar-refractivity contribution >= 4 is 17.6 Å². The normalized spacial score (nSPS) is 11.1. The predicted molar refractivity (Wildman–Crippen MR) is 112 cm³/mol. The van der Waals surface area contributed by atoms with E-state index in [0.29, 0.717) is 16.9 Å². The van der Waals surface area contributed by atoms with Gasteiger partial charge in [0.05, 0.1) is 11.6 Å². The van der Waals surface area contributed by atoms with E-state index in [9.17, 15) is 9.59 Å². The SMILES string of the molecule is C[C@@H](Oc1ccc(C#N)cc1)C(=O)OCc1ccc(C(=O)Nc2ccccc2)cc1. The summed E-state index contributed by atoms with van der Waals surface area (Å²) in [6.07, 6.45) is -0.797. The number of ether oxygens (including phenoxy) is 2. The van der Waals surface area contributed by atoms with Crippen LogP contribution in [0.2, 0.25) is 0 Å². The van der Waals surface area contributed by atoms with Gasteiger partial charge in [-0.05, 0) is 61.0 Å². The number of esters is 1. The van der Waals surface area contributed by atoms with Crippen molar-refractivity contribution in [3.8, 4) is 11.8 Å². The van der Waals surface area contributed by atoms with Crippen molar-refractivity contribution in [1.82, 2.24) is 0 Å². The number of para-hydroxylation sites is 1. The van der Waals surface area contributed by atoms with Crippen LogP contribution >= 0.6 is 0 Å². The van der Waals surface area contributed by atoms with Gasteiger partial charge in [-0.15, -0.1) is 0 Å². The van der Waals surface area contributed by atoms with Crippen LogP contribution in [0, 0.1) is 11.3 Å². The molecule has 1 N–H and O–H groups in total. The summed E-state index contributed by atoms with van der Waals surface area (Å²) in [4.78, 5) is 24.4. The summed E-state index contributed by atoms with van der Waals surface area (Å²) in [5, 5.41) is 11.6. The second-order valence-corrected chi connectivity index (χ2v) is 6.52. The quantitative estimate of drug-likeness (QED) is 0.597. The lowest BCUT2D eigenvalue weighted by Gasteiger charge is -2.14. The van der Waals surface area contributed by atoms with E-state index in [1.165, 1.54) is 0 Å². The second kappa shape index (κ2) is 9.89. The van der Waals surface area contributed by atoms with E-state index in [4.69, 9.17) is 14.7 Å². The Morgan fingerprint density at radius 2 is 1.63 bits per heavy atom. The molecule has 0 spiro atoms. The van der Waals surface area contributed by atoms with Crippen LogP contribution in [-0.4, -0.2) is 18.0 Å². The number of rotatable bonds is 7. The largest absolute Gasteiger partial charge is 0.479 e. The molecule has 3 rings (SSSR count). The van der Waals surface area contributed by atoms with Gasteiger partial charge in [0, 0.05) is 11.3 Å². The summed E-state index contributed by atoms with van der Waals surface area (Å²) in [5.41, 5.74) is 2.49. The third kappa shape index (κ3) is 5.69. The number of anilines is 1. The third-order valence-electron chi connectivity index (χ3n) is 4.26. The number of benzene rings is 3. The Balaban J connectivity index is 1.49. The van der Waals surface area contributed by atoms with Gasteiger partial charge >= 0.3 is 5.97 Å². The molecule has 150 valence electrons. The van der Waals surface area contributed by atoms with Gasteiger partial charge in [0.25, 0.3) is 5.91 Å². The molecule has 0 aliphatic rings. The van der Waals surface area contributed by atoms with Gasteiger partial charge in [-0.1, -0.05) is 30.3 Å². The minimum atomic E-state index is -0.797. The zero-order chi connectivity index (χ0) is 21.3. The molecule has 0 aliphatic heterocycles. The maximum absolute atomic E-state index is 12.3. The molecule has 3 aromatic carbocycles. The molecule has 0 radical (unpaired) electrons. The number of hydrogen-bond acceptors (Lipinski definition) is 5. The van der Waals surface area contributed by atoms with Gasteiger partial charge in [-0.25, -0.2) is 4.79 Å². The molecule has 0 saturated carbocycles. The Morgan fingerprint density at radius 3 is 2.27 bits per heavy atom. The van der Waals surface area contributed by atoms with Crippen LogP contribution in [-0.2, 0) is 16.1 Å². The third-order valence-corrected chi connectivity index (χ3v) is 4.26.